The molecule has 1 aliphatic rings. The Morgan fingerprint density at radius 2 is 2.00 bits per heavy atom. The van der Waals surface area contributed by atoms with Crippen LogP contribution in [0.4, 0.5) is 0 Å². The summed E-state index contributed by atoms with van der Waals surface area (Å²) in [4.78, 5) is 11.6. The maximum Gasteiger partial charge on any atom is 0.277 e. The molecule has 0 unspecified atom stereocenters. The van der Waals surface area contributed by atoms with E-state index in [1.54, 1.807) is 0 Å². The van der Waals surface area contributed by atoms with Crippen LogP contribution in [0, 0.1) is 5.92 Å². The Morgan fingerprint density at radius 1 is 1.30 bits per heavy atom. The smallest absolute Gasteiger partial charge is 0.277 e. The summed E-state index contributed by atoms with van der Waals surface area (Å²) in [5.74, 6) is 1.31. The van der Waals surface area contributed by atoms with Gasteiger partial charge in [-0.25, -0.2) is 5.43 Å². The number of nitrogens with zero attached hydrogens (tertiary/aromatic N) is 1. The highest BCUT2D eigenvalue weighted by Crippen LogP contribution is 2.24. The highest BCUT2D eigenvalue weighted by Gasteiger charge is 2.16. The molecule has 0 spiro atoms. The molecule has 0 bridgehead atoms. The number of amides is 1. The van der Waals surface area contributed by atoms with Crippen LogP contribution in [0.2, 0.25) is 0 Å². The lowest BCUT2D eigenvalue weighted by Gasteiger charge is -2.21. The van der Waals surface area contributed by atoms with Gasteiger partial charge in [0.15, 0.2) is 6.61 Å². The average Bonchev–Trinajstić information content (AvgIpc) is 2.52. The molecule has 0 saturated heterocycles. The second-order valence-electron chi connectivity index (χ2n) is 5.17. The summed E-state index contributed by atoms with van der Waals surface area (Å²) in [6.45, 7) is 2.23. The first-order chi connectivity index (χ1) is 9.78. The second kappa shape index (κ2) is 7.68. The van der Waals surface area contributed by atoms with E-state index in [4.69, 9.17) is 4.74 Å². The Bertz CT molecular complexity index is 447. The third kappa shape index (κ3) is 4.68. The zero-order chi connectivity index (χ0) is 14.2. The lowest BCUT2D eigenvalue weighted by atomic mass is 9.86. The van der Waals surface area contributed by atoms with Crippen LogP contribution in [0.15, 0.2) is 35.4 Å². The fraction of sp³-hybridized carbons (Fsp3) is 0.500. The molecule has 1 amide bonds. The number of carbonyl (C=O) groups is 1. The Hall–Kier alpha value is -1.84. The van der Waals surface area contributed by atoms with Crippen molar-refractivity contribution < 1.29 is 9.53 Å². The van der Waals surface area contributed by atoms with E-state index in [1.807, 2.05) is 30.3 Å². The molecule has 1 N–H and O–H groups in total. The van der Waals surface area contributed by atoms with Crippen molar-refractivity contribution in [1.29, 1.82) is 0 Å². The molecule has 1 saturated carbocycles. The van der Waals surface area contributed by atoms with Gasteiger partial charge in [-0.15, -0.1) is 0 Å². The van der Waals surface area contributed by atoms with E-state index in [0.717, 1.165) is 24.5 Å². The predicted molar refractivity (Wildman–Crippen MR) is 79.8 cm³/mol. The Kier molecular flexibility index (Phi) is 5.59. The summed E-state index contributed by atoms with van der Waals surface area (Å²) in [7, 11) is 0. The number of nitrogens with one attached hydrogen (secondary N) is 1. The molecule has 0 atom stereocenters. The number of hydrogen-bond donors (Lipinski definition) is 1. The predicted octanol–water partition coefficient (Wildman–Crippen LogP) is 3.14. The third-order valence-corrected chi connectivity index (χ3v) is 3.71. The summed E-state index contributed by atoms with van der Waals surface area (Å²) in [6.07, 6.45) is 5.61. The van der Waals surface area contributed by atoms with Crippen molar-refractivity contribution in [1.82, 2.24) is 5.43 Å². The number of hydrogen-bond acceptors (Lipinski definition) is 3. The fourth-order valence-electron chi connectivity index (χ4n) is 2.37. The van der Waals surface area contributed by atoms with Crippen LogP contribution in [0.1, 0.15) is 39.0 Å². The highest BCUT2D eigenvalue weighted by atomic mass is 16.5. The van der Waals surface area contributed by atoms with Gasteiger partial charge in [0.1, 0.15) is 5.75 Å². The van der Waals surface area contributed by atoms with E-state index < -0.39 is 0 Å². The van der Waals surface area contributed by atoms with Crippen LogP contribution in [0.5, 0.6) is 5.75 Å². The first-order valence-electron chi connectivity index (χ1n) is 7.30. The van der Waals surface area contributed by atoms with Crippen LogP contribution >= 0.6 is 0 Å². The second-order valence-corrected chi connectivity index (χ2v) is 5.17. The van der Waals surface area contributed by atoms with Gasteiger partial charge in [0.05, 0.1) is 0 Å². The number of rotatable bonds is 5. The van der Waals surface area contributed by atoms with Gasteiger partial charge in [-0.2, -0.15) is 5.10 Å². The Morgan fingerprint density at radius 3 is 2.65 bits per heavy atom. The van der Waals surface area contributed by atoms with Gasteiger partial charge in [-0.1, -0.05) is 31.5 Å². The summed E-state index contributed by atoms with van der Waals surface area (Å²) in [6, 6.07) is 9.31. The molecule has 1 aromatic rings. The molecule has 1 aromatic carbocycles. The zero-order valence-electron chi connectivity index (χ0n) is 12.0. The van der Waals surface area contributed by atoms with Crippen LogP contribution in [-0.2, 0) is 4.79 Å². The van der Waals surface area contributed by atoms with E-state index in [9.17, 15) is 4.79 Å². The summed E-state index contributed by atoms with van der Waals surface area (Å²) in [5, 5.41) is 4.20. The van der Waals surface area contributed by atoms with Crippen molar-refractivity contribution in [3.8, 4) is 5.75 Å². The van der Waals surface area contributed by atoms with Gasteiger partial charge in [0.25, 0.3) is 5.91 Å². The number of ether oxygens (including phenoxy) is 1. The summed E-state index contributed by atoms with van der Waals surface area (Å²) >= 11 is 0. The molecule has 2 rings (SSSR count). The molecule has 20 heavy (non-hydrogen) atoms. The SMILES string of the molecule is CCC1CCC(=NNC(=O)COc2ccccc2)CC1. The first-order valence-corrected chi connectivity index (χ1v) is 7.30. The molecule has 1 aliphatic carbocycles. The molecule has 0 heterocycles. The van der Waals surface area contributed by atoms with Crippen LogP contribution in [-0.4, -0.2) is 18.2 Å². The minimum Gasteiger partial charge on any atom is -0.484 e. The van der Waals surface area contributed by atoms with E-state index in [1.165, 1.54) is 19.3 Å². The van der Waals surface area contributed by atoms with E-state index in [2.05, 4.69) is 17.5 Å². The molecule has 0 radical (unpaired) electrons. The van der Waals surface area contributed by atoms with E-state index in [0.29, 0.717) is 5.75 Å². The number of para-hydroxylation sites is 1. The minimum absolute atomic E-state index is 0.00161. The third-order valence-electron chi connectivity index (χ3n) is 3.71. The van der Waals surface area contributed by atoms with Crippen molar-refractivity contribution in [2.45, 2.75) is 39.0 Å². The Balaban J connectivity index is 1.70. The zero-order valence-corrected chi connectivity index (χ0v) is 12.0. The molecule has 4 heteroatoms. The van der Waals surface area contributed by atoms with Crippen molar-refractivity contribution >= 4 is 11.6 Å². The van der Waals surface area contributed by atoms with Crippen molar-refractivity contribution in [2.75, 3.05) is 6.61 Å². The average molecular weight is 274 g/mol. The molecule has 1 fully saturated rings. The lowest BCUT2D eigenvalue weighted by Crippen LogP contribution is -2.26. The van der Waals surface area contributed by atoms with Gasteiger partial charge in [-0.05, 0) is 43.7 Å². The quantitative estimate of drug-likeness (QED) is 0.839. The standard InChI is InChI=1S/C16H22N2O2/c1-2-13-8-10-14(11-9-13)17-18-16(19)12-20-15-6-4-3-5-7-15/h3-7,13H,2,8-12H2,1H3,(H,18,19). The van der Waals surface area contributed by atoms with Crippen molar-refractivity contribution in [3.63, 3.8) is 0 Å². The molecule has 0 aromatic heterocycles. The van der Waals surface area contributed by atoms with Gasteiger partial charge >= 0.3 is 0 Å². The van der Waals surface area contributed by atoms with E-state index in [-0.39, 0.29) is 12.5 Å². The van der Waals surface area contributed by atoms with Crippen molar-refractivity contribution in [3.05, 3.63) is 30.3 Å². The summed E-state index contributed by atoms with van der Waals surface area (Å²) < 4.78 is 5.36. The van der Waals surface area contributed by atoms with Crippen LogP contribution in [0.3, 0.4) is 0 Å². The lowest BCUT2D eigenvalue weighted by molar-refractivity contribution is -0.123. The topological polar surface area (TPSA) is 50.7 Å². The Labute approximate surface area is 120 Å². The monoisotopic (exact) mass is 274 g/mol. The minimum atomic E-state index is -0.209. The maximum absolute atomic E-state index is 11.6. The molecular formula is C16H22N2O2. The molecule has 108 valence electrons. The van der Waals surface area contributed by atoms with E-state index >= 15 is 0 Å². The number of hydrazone groups is 1. The van der Waals surface area contributed by atoms with Gasteiger partial charge in [0.2, 0.25) is 0 Å². The maximum atomic E-state index is 11.6. The summed E-state index contributed by atoms with van der Waals surface area (Å²) in [5.41, 5.74) is 3.68. The first kappa shape index (κ1) is 14.6. The normalized spacial score (nSPS) is 18.4. The fourth-order valence-corrected chi connectivity index (χ4v) is 2.37. The number of carbonyl (C=O) groups excluding carboxylic acids is 1. The van der Waals surface area contributed by atoms with Gasteiger partial charge < -0.3 is 4.74 Å². The number of benzene rings is 1. The van der Waals surface area contributed by atoms with Gasteiger partial charge in [-0.3, -0.25) is 4.79 Å². The molecular weight excluding hydrogens is 252 g/mol. The largest absolute Gasteiger partial charge is 0.484 e. The molecule has 4 nitrogen and oxygen atoms in total. The van der Waals surface area contributed by atoms with Gasteiger partial charge in [0, 0.05) is 5.71 Å². The van der Waals surface area contributed by atoms with Crippen LogP contribution < -0.4 is 10.2 Å². The molecule has 0 aliphatic heterocycles. The van der Waals surface area contributed by atoms with Crippen molar-refractivity contribution in [2.24, 2.45) is 11.0 Å². The van der Waals surface area contributed by atoms with Crippen LogP contribution in [0.25, 0.3) is 0 Å². The highest BCUT2D eigenvalue weighted by molar-refractivity contribution is 5.87.